The second-order valence-corrected chi connectivity index (χ2v) is 4.77. The molecule has 0 saturated carbocycles. The average molecular weight is 345 g/mol. The molecule has 3 aromatic rings. The summed E-state index contributed by atoms with van der Waals surface area (Å²) in [6.45, 7) is 0. The third-order valence-corrected chi connectivity index (χ3v) is 2.81. The maximum Gasteiger partial charge on any atom is 0.124 e. The van der Waals surface area contributed by atoms with Gasteiger partial charge in [0.1, 0.15) is 22.6 Å². The van der Waals surface area contributed by atoms with Crippen LogP contribution < -0.4 is 11.5 Å². The normalized spacial score (nSPS) is 9.57. The van der Waals surface area contributed by atoms with Gasteiger partial charge in [0, 0.05) is 18.0 Å². The van der Waals surface area contributed by atoms with Crippen LogP contribution in [0.2, 0.25) is 0 Å². The molecule has 0 aliphatic heterocycles. The molecule has 0 amide bonds. The topological polar surface area (TPSA) is 104 Å². The van der Waals surface area contributed by atoms with Crippen molar-refractivity contribution < 1.29 is 0 Å². The number of anilines is 2. The minimum Gasteiger partial charge on any atom is -0.384 e. The van der Waals surface area contributed by atoms with Crippen molar-refractivity contribution in [3.05, 3.63) is 59.7 Å². The highest BCUT2D eigenvalue weighted by molar-refractivity contribution is 9.10. The molecule has 0 spiro atoms. The van der Waals surface area contributed by atoms with E-state index in [-0.39, 0.29) is 0 Å². The Balaban J connectivity index is 0.000000173. The van der Waals surface area contributed by atoms with E-state index in [2.05, 4.69) is 35.9 Å². The van der Waals surface area contributed by atoms with Gasteiger partial charge in [0.2, 0.25) is 0 Å². The van der Waals surface area contributed by atoms with Gasteiger partial charge >= 0.3 is 0 Å². The number of hydrogen-bond acceptors (Lipinski definition) is 6. The first-order valence-corrected chi connectivity index (χ1v) is 6.80. The average Bonchev–Trinajstić information content (AvgIpc) is 2.49. The lowest BCUT2D eigenvalue weighted by Crippen LogP contribution is -1.91. The zero-order valence-corrected chi connectivity index (χ0v) is 12.6. The minimum atomic E-state index is 0.501. The quantitative estimate of drug-likeness (QED) is 0.657. The van der Waals surface area contributed by atoms with E-state index in [0.717, 1.165) is 15.9 Å². The van der Waals surface area contributed by atoms with Crippen LogP contribution in [-0.4, -0.2) is 19.9 Å². The predicted octanol–water partition coefficient (Wildman–Crippen LogP) is 2.55. The standard InChI is InChI=1S/C9H8N4.C5H5BrN2/c10-9-3-1-2-8(13-9)7-4-11-6-12-5-7;6-4-2-1-3-5(7)8-4/h1-6H,(H2,10,13);1-3H,(H2,7,8). The molecular weight excluding hydrogens is 332 g/mol. The third-order valence-electron chi connectivity index (χ3n) is 2.36. The molecule has 21 heavy (non-hydrogen) atoms. The van der Waals surface area contributed by atoms with Crippen molar-refractivity contribution in [1.82, 2.24) is 19.9 Å². The zero-order valence-electron chi connectivity index (χ0n) is 11.0. The summed E-state index contributed by atoms with van der Waals surface area (Å²) in [6, 6.07) is 10.9. The zero-order chi connectivity index (χ0) is 15.1. The number of hydrogen-bond donors (Lipinski definition) is 2. The van der Waals surface area contributed by atoms with Crippen LogP contribution in [0.15, 0.2) is 59.7 Å². The van der Waals surface area contributed by atoms with Gasteiger partial charge in [-0.05, 0) is 40.2 Å². The van der Waals surface area contributed by atoms with Crippen molar-refractivity contribution in [3.63, 3.8) is 0 Å². The Bertz CT molecular complexity index is 687. The molecule has 0 aliphatic rings. The van der Waals surface area contributed by atoms with Crippen molar-refractivity contribution in [2.75, 3.05) is 11.5 Å². The summed E-state index contributed by atoms with van der Waals surface area (Å²) in [4.78, 5) is 15.8. The highest BCUT2D eigenvalue weighted by Crippen LogP contribution is 2.14. The molecule has 0 bridgehead atoms. The smallest absolute Gasteiger partial charge is 0.124 e. The summed E-state index contributed by atoms with van der Waals surface area (Å²) >= 11 is 3.17. The molecule has 4 N–H and O–H groups in total. The van der Waals surface area contributed by atoms with E-state index in [1.54, 1.807) is 24.5 Å². The molecule has 7 heteroatoms. The molecule has 3 aromatic heterocycles. The summed E-state index contributed by atoms with van der Waals surface area (Å²) < 4.78 is 0.775. The first kappa shape index (κ1) is 14.9. The maximum absolute atomic E-state index is 5.54. The Morgan fingerprint density at radius 2 is 1.43 bits per heavy atom. The van der Waals surface area contributed by atoms with Crippen LogP contribution in [0.3, 0.4) is 0 Å². The van der Waals surface area contributed by atoms with Crippen LogP contribution in [0.5, 0.6) is 0 Å². The van der Waals surface area contributed by atoms with E-state index in [9.17, 15) is 0 Å². The maximum atomic E-state index is 5.54. The van der Waals surface area contributed by atoms with Crippen molar-refractivity contribution >= 4 is 27.6 Å². The van der Waals surface area contributed by atoms with E-state index in [1.807, 2.05) is 24.3 Å². The number of nitrogens with zero attached hydrogens (tertiary/aromatic N) is 4. The van der Waals surface area contributed by atoms with Crippen LogP contribution in [-0.2, 0) is 0 Å². The number of nitrogen functional groups attached to an aromatic ring is 2. The lowest BCUT2D eigenvalue weighted by molar-refractivity contribution is 1.16. The summed E-state index contributed by atoms with van der Waals surface area (Å²) in [5.74, 6) is 1.04. The van der Waals surface area contributed by atoms with E-state index in [4.69, 9.17) is 11.5 Å². The van der Waals surface area contributed by atoms with Gasteiger partial charge in [-0.15, -0.1) is 0 Å². The molecule has 106 valence electrons. The van der Waals surface area contributed by atoms with Crippen molar-refractivity contribution in [2.24, 2.45) is 0 Å². The number of pyridine rings is 2. The summed E-state index contributed by atoms with van der Waals surface area (Å²) in [5.41, 5.74) is 12.5. The highest BCUT2D eigenvalue weighted by Gasteiger charge is 1.98. The lowest BCUT2D eigenvalue weighted by atomic mass is 10.2. The van der Waals surface area contributed by atoms with Gasteiger partial charge in [0.05, 0.1) is 5.69 Å². The van der Waals surface area contributed by atoms with Gasteiger partial charge in [-0.2, -0.15) is 0 Å². The van der Waals surface area contributed by atoms with Gasteiger partial charge in [-0.3, -0.25) is 0 Å². The molecule has 0 aliphatic carbocycles. The second-order valence-electron chi connectivity index (χ2n) is 3.96. The van der Waals surface area contributed by atoms with Crippen molar-refractivity contribution in [1.29, 1.82) is 0 Å². The van der Waals surface area contributed by atoms with E-state index in [0.29, 0.717) is 11.6 Å². The minimum absolute atomic E-state index is 0.501. The summed E-state index contributed by atoms with van der Waals surface area (Å²) in [7, 11) is 0. The Kier molecular flexibility index (Phi) is 5.16. The number of halogens is 1. The molecule has 3 heterocycles. The molecular formula is C14H13BrN6. The van der Waals surface area contributed by atoms with Crippen LogP contribution in [0.25, 0.3) is 11.3 Å². The number of rotatable bonds is 1. The van der Waals surface area contributed by atoms with E-state index in [1.165, 1.54) is 6.33 Å². The molecule has 0 fully saturated rings. The molecule has 0 aromatic carbocycles. The lowest BCUT2D eigenvalue weighted by Gasteiger charge is -1.99. The van der Waals surface area contributed by atoms with E-state index < -0.39 is 0 Å². The van der Waals surface area contributed by atoms with Gasteiger partial charge in [0.15, 0.2) is 0 Å². The summed E-state index contributed by atoms with van der Waals surface area (Å²) in [6.07, 6.45) is 4.89. The van der Waals surface area contributed by atoms with Crippen molar-refractivity contribution in [3.8, 4) is 11.3 Å². The van der Waals surface area contributed by atoms with Crippen molar-refractivity contribution in [2.45, 2.75) is 0 Å². The Morgan fingerprint density at radius 1 is 0.810 bits per heavy atom. The monoisotopic (exact) mass is 344 g/mol. The first-order valence-electron chi connectivity index (χ1n) is 6.01. The van der Waals surface area contributed by atoms with E-state index >= 15 is 0 Å². The third kappa shape index (κ3) is 4.81. The van der Waals surface area contributed by atoms with Gasteiger partial charge in [-0.25, -0.2) is 19.9 Å². The molecule has 6 nitrogen and oxygen atoms in total. The van der Waals surface area contributed by atoms with Crippen LogP contribution in [0.1, 0.15) is 0 Å². The molecule has 0 atom stereocenters. The van der Waals surface area contributed by atoms with Crippen LogP contribution >= 0.6 is 15.9 Å². The Hall–Kier alpha value is -2.54. The number of aromatic nitrogens is 4. The van der Waals surface area contributed by atoms with Gasteiger partial charge < -0.3 is 11.5 Å². The number of nitrogens with two attached hydrogens (primary N) is 2. The van der Waals surface area contributed by atoms with Crippen LogP contribution in [0, 0.1) is 0 Å². The fourth-order valence-corrected chi connectivity index (χ4v) is 1.82. The Morgan fingerprint density at radius 3 is 1.95 bits per heavy atom. The molecule has 3 rings (SSSR count). The van der Waals surface area contributed by atoms with Gasteiger partial charge in [-0.1, -0.05) is 12.1 Å². The highest BCUT2D eigenvalue weighted by atomic mass is 79.9. The fraction of sp³-hybridized carbons (Fsp3) is 0. The molecule has 0 saturated heterocycles. The van der Waals surface area contributed by atoms with Gasteiger partial charge in [0.25, 0.3) is 0 Å². The van der Waals surface area contributed by atoms with Crippen LogP contribution in [0.4, 0.5) is 11.6 Å². The molecule has 0 unspecified atom stereocenters. The SMILES string of the molecule is Nc1cccc(-c2cncnc2)n1.Nc1cccc(Br)n1. The summed E-state index contributed by atoms with van der Waals surface area (Å²) in [5, 5.41) is 0. The Labute approximate surface area is 130 Å². The first-order chi connectivity index (χ1) is 10.1. The fourth-order valence-electron chi connectivity index (χ4n) is 1.47. The largest absolute Gasteiger partial charge is 0.384 e. The predicted molar refractivity (Wildman–Crippen MR) is 86.0 cm³/mol. The molecule has 0 radical (unpaired) electrons. The second kappa shape index (κ2) is 7.30.